The van der Waals surface area contributed by atoms with Gasteiger partial charge < -0.3 is 10.4 Å². The van der Waals surface area contributed by atoms with Gasteiger partial charge in [-0.2, -0.15) is 4.98 Å². The van der Waals surface area contributed by atoms with Crippen LogP contribution in [0.15, 0.2) is 53.6 Å². The molecule has 0 unspecified atom stereocenters. The number of amides is 1. The molecule has 0 saturated heterocycles. The minimum Gasteiger partial charge on any atom is -0.492 e. The lowest BCUT2D eigenvalue weighted by atomic mass is 10.2. The Balaban J connectivity index is 2.08. The first-order valence-electron chi connectivity index (χ1n) is 6.09. The molecule has 1 amide bonds. The van der Waals surface area contributed by atoms with Crippen LogP contribution in [0, 0.1) is 0 Å². The van der Waals surface area contributed by atoms with E-state index in [4.69, 9.17) is 0 Å². The maximum atomic E-state index is 12.2. The molecular weight excluding hydrogens is 272 g/mol. The quantitative estimate of drug-likeness (QED) is 0.732. The smallest absolute Gasteiger partial charge is 0.275 e. The lowest BCUT2D eigenvalue weighted by Crippen LogP contribution is -2.27. The maximum absolute atomic E-state index is 12.2. The van der Waals surface area contributed by atoms with E-state index in [2.05, 4.69) is 15.3 Å². The molecule has 0 aliphatic carbocycles. The molecule has 0 fully saturated rings. The summed E-state index contributed by atoms with van der Waals surface area (Å²) >= 11 is 0. The van der Waals surface area contributed by atoms with Crippen LogP contribution in [-0.4, -0.2) is 25.4 Å². The Labute approximate surface area is 118 Å². The summed E-state index contributed by atoms with van der Waals surface area (Å²) in [5.41, 5.74) is -0.596. The van der Waals surface area contributed by atoms with E-state index in [0.717, 1.165) is 4.40 Å². The molecular formula is C14H10N4O3. The van der Waals surface area contributed by atoms with E-state index in [1.165, 1.54) is 18.5 Å². The van der Waals surface area contributed by atoms with Gasteiger partial charge in [-0.15, -0.1) is 0 Å². The van der Waals surface area contributed by atoms with Gasteiger partial charge in [0.25, 0.3) is 11.5 Å². The van der Waals surface area contributed by atoms with Gasteiger partial charge in [0.2, 0.25) is 11.7 Å². The van der Waals surface area contributed by atoms with Crippen LogP contribution in [0.3, 0.4) is 0 Å². The highest BCUT2D eigenvalue weighted by molar-refractivity contribution is 6.05. The molecule has 104 valence electrons. The Morgan fingerprint density at radius 3 is 2.71 bits per heavy atom. The second-order valence-electron chi connectivity index (χ2n) is 4.23. The molecule has 0 atom stereocenters. The molecule has 2 heterocycles. The normalized spacial score (nSPS) is 10.5. The fourth-order valence-electron chi connectivity index (χ4n) is 1.88. The van der Waals surface area contributed by atoms with Gasteiger partial charge in [0.1, 0.15) is 0 Å². The standard InChI is InChI=1S/C14H10N4O3/c19-11(16-9-5-2-1-3-6-9)10-12(20)17-14-15-7-4-8-18(14)13(10)21/h1-8,20H,(H,16,19). The predicted molar refractivity (Wildman–Crippen MR) is 75.3 cm³/mol. The number of aromatic hydroxyl groups is 1. The summed E-state index contributed by atoms with van der Waals surface area (Å²) in [6, 6.07) is 10.2. The lowest BCUT2D eigenvalue weighted by Gasteiger charge is -2.07. The number of aromatic nitrogens is 3. The summed E-state index contributed by atoms with van der Waals surface area (Å²) in [5.74, 6) is -1.35. The van der Waals surface area contributed by atoms with Crippen molar-refractivity contribution in [3.8, 4) is 5.88 Å². The molecule has 2 aromatic heterocycles. The highest BCUT2D eigenvalue weighted by Crippen LogP contribution is 2.13. The summed E-state index contributed by atoms with van der Waals surface area (Å²) in [4.78, 5) is 32.0. The van der Waals surface area contributed by atoms with Crippen molar-refractivity contribution in [3.63, 3.8) is 0 Å². The van der Waals surface area contributed by atoms with Gasteiger partial charge in [-0.1, -0.05) is 18.2 Å². The number of benzene rings is 1. The first kappa shape index (κ1) is 12.8. The Hall–Kier alpha value is -3.22. The number of fused-ring (bicyclic) bond motifs is 1. The van der Waals surface area contributed by atoms with Crippen LogP contribution >= 0.6 is 0 Å². The SMILES string of the molecule is O=C(Nc1ccccc1)c1c(O)nc2ncccn2c1=O. The Morgan fingerprint density at radius 1 is 1.19 bits per heavy atom. The third-order valence-corrected chi connectivity index (χ3v) is 2.85. The van der Waals surface area contributed by atoms with E-state index in [-0.39, 0.29) is 5.78 Å². The molecule has 0 saturated carbocycles. The second kappa shape index (κ2) is 5.04. The van der Waals surface area contributed by atoms with Crippen molar-refractivity contribution in [1.82, 2.24) is 14.4 Å². The van der Waals surface area contributed by atoms with Crippen LogP contribution in [0.4, 0.5) is 5.69 Å². The van der Waals surface area contributed by atoms with Crippen molar-refractivity contribution < 1.29 is 9.90 Å². The van der Waals surface area contributed by atoms with E-state index >= 15 is 0 Å². The maximum Gasteiger partial charge on any atom is 0.275 e. The van der Waals surface area contributed by atoms with Crippen LogP contribution in [0.2, 0.25) is 0 Å². The Kier molecular flexibility index (Phi) is 3.07. The number of hydrogen-bond donors (Lipinski definition) is 2. The molecule has 7 nitrogen and oxygen atoms in total. The van der Waals surface area contributed by atoms with Crippen LogP contribution < -0.4 is 10.9 Å². The van der Waals surface area contributed by atoms with Gasteiger partial charge in [0, 0.05) is 18.1 Å². The van der Waals surface area contributed by atoms with Crippen LogP contribution in [0.25, 0.3) is 5.78 Å². The molecule has 0 bridgehead atoms. The molecule has 1 aromatic carbocycles. The summed E-state index contributed by atoms with van der Waals surface area (Å²) in [7, 11) is 0. The topological polar surface area (TPSA) is 96.6 Å². The number of hydrogen-bond acceptors (Lipinski definition) is 5. The monoisotopic (exact) mass is 282 g/mol. The first-order chi connectivity index (χ1) is 10.2. The average Bonchev–Trinajstić information content (AvgIpc) is 2.48. The molecule has 0 radical (unpaired) electrons. The summed E-state index contributed by atoms with van der Waals surface area (Å²) in [5, 5.41) is 12.3. The molecule has 21 heavy (non-hydrogen) atoms. The molecule has 2 N–H and O–H groups in total. The molecule has 7 heteroatoms. The van der Waals surface area contributed by atoms with E-state index in [1.54, 1.807) is 30.3 Å². The van der Waals surface area contributed by atoms with Gasteiger partial charge in [0.05, 0.1) is 0 Å². The van der Waals surface area contributed by atoms with Crippen molar-refractivity contribution in [2.45, 2.75) is 0 Å². The second-order valence-corrected chi connectivity index (χ2v) is 4.23. The van der Waals surface area contributed by atoms with Crippen LogP contribution in [-0.2, 0) is 0 Å². The van der Waals surface area contributed by atoms with E-state index in [0.29, 0.717) is 5.69 Å². The fraction of sp³-hybridized carbons (Fsp3) is 0. The summed E-state index contributed by atoms with van der Waals surface area (Å²) in [6.07, 6.45) is 2.86. The van der Waals surface area contributed by atoms with Gasteiger partial charge in [-0.3, -0.25) is 14.0 Å². The number of para-hydroxylation sites is 1. The number of anilines is 1. The van der Waals surface area contributed by atoms with E-state index < -0.39 is 22.9 Å². The van der Waals surface area contributed by atoms with Crippen LogP contribution in [0.5, 0.6) is 5.88 Å². The van der Waals surface area contributed by atoms with Crippen LogP contribution in [0.1, 0.15) is 10.4 Å². The van der Waals surface area contributed by atoms with Crippen molar-refractivity contribution in [2.24, 2.45) is 0 Å². The first-order valence-corrected chi connectivity index (χ1v) is 6.09. The van der Waals surface area contributed by atoms with Crippen molar-refractivity contribution in [1.29, 1.82) is 0 Å². The Bertz CT molecular complexity index is 874. The van der Waals surface area contributed by atoms with Gasteiger partial charge in [-0.25, -0.2) is 4.98 Å². The third-order valence-electron chi connectivity index (χ3n) is 2.85. The minimum absolute atomic E-state index is 0.0243. The van der Waals surface area contributed by atoms with Gasteiger partial charge in [0.15, 0.2) is 5.56 Å². The third kappa shape index (κ3) is 2.32. The number of carbonyl (C=O) groups is 1. The van der Waals surface area contributed by atoms with E-state index in [9.17, 15) is 14.7 Å². The zero-order valence-corrected chi connectivity index (χ0v) is 10.7. The molecule has 0 aliphatic rings. The highest BCUT2D eigenvalue weighted by Gasteiger charge is 2.20. The lowest BCUT2D eigenvalue weighted by molar-refractivity contribution is 0.102. The van der Waals surface area contributed by atoms with Crippen molar-refractivity contribution >= 4 is 17.4 Å². The number of carbonyl (C=O) groups excluding carboxylic acids is 1. The number of nitrogens with zero attached hydrogens (tertiary/aromatic N) is 3. The highest BCUT2D eigenvalue weighted by atomic mass is 16.3. The van der Waals surface area contributed by atoms with Gasteiger partial charge in [-0.05, 0) is 18.2 Å². The largest absolute Gasteiger partial charge is 0.492 e. The zero-order valence-electron chi connectivity index (χ0n) is 10.7. The molecule has 0 aliphatic heterocycles. The minimum atomic E-state index is -0.727. The number of rotatable bonds is 2. The summed E-state index contributed by atoms with van der Waals surface area (Å²) in [6.45, 7) is 0. The fourth-order valence-corrected chi connectivity index (χ4v) is 1.88. The molecule has 0 spiro atoms. The molecule has 3 rings (SSSR count). The Morgan fingerprint density at radius 2 is 1.95 bits per heavy atom. The van der Waals surface area contributed by atoms with E-state index in [1.807, 2.05) is 0 Å². The molecule has 3 aromatic rings. The summed E-state index contributed by atoms with van der Waals surface area (Å²) < 4.78 is 1.10. The predicted octanol–water partition coefficient (Wildman–Crippen LogP) is 1.05. The zero-order chi connectivity index (χ0) is 14.8. The average molecular weight is 282 g/mol. The van der Waals surface area contributed by atoms with Crippen molar-refractivity contribution in [2.75, 3.05) is 5.32 Å². The number of nitrogens with one attached hydrogen (secondary N) is 1. The van der Waals surface area contributed by atoms with Gasteiger partial charge >= 0.3 is 0 Å². The van der Waals surface area contributed by atoms with Crippen molar-refractivity contribution in [3.05, 3.63) is 64.7 Å².